The van der Waals surface area contributed by atoms with Crippen LogP contribution in [0, 0.1) is 10.1 Å². The van der Waals surface area contributed by atoms with Gasteiger partial charge in [-0.1, -0.05) is 46.9 Å². The minimum Gasteiger partial charge on any atom is -0.486 e. The van der Waals surface area contributed by atoms with E-state index in [2.05, 4.69) is 10.6 Å². The number of anilines is 1. The fourth-order valence-electron chi connectivity index (χ4n) is 2.62. The van der Waals surface area contributed by atoms with Gasteiger partial charge >= 0.3 is 6.03 Å². The van der Waals surface area contributed by atoms with E-state index >= 15 is 0 Å². The molecule has 3 aromatic rings. The van der Waals surface area contributed by atoms with Crippen molar-refractivity contribution in [2.45, 2.75) is 6.61 Å². The first-order chi connectivity index (χ1) is 15.2. The normalized spacial score (nSPS) is 10.3. The second-order valence-electron chi connectivity index (χ2n) is 6.37. The summed E-state index contributed by atoms with van der Waals surface area (Å²) in [4.78, 5) is 34.5. The van der Waals surface area contributed by atoms with Crippen molar-refractivity contribution < 1.29 is 19.2 Å². The third-order valence-corrected chi connectivity index (χ3v) is 5.02. The topological polar surface area (TPSA) is 111 Å². The van der Waals surface area contributed by atoms with Gasteiger partial charge in [0.1, 0.15) is 6.61 Å². The summed E-state index contributed by atoms with van der Waals surface area (Å²) in [6.45, 7) is 0.0665. The summed E-state index contributed by atoms with van der Waals surface area (Å²) in [7, 11) is 0. The average molecular weight is 495 g/mol. The van der Waals surface area contributed by atoms with Crippen molar-refractivity contribution in [2.24, 2.45) is 0 Å². The molecule has 3 aromatic carbocycles. The molecule has 0 aliphatic carbocycles. The molecule has 11 heteroatoms. The van der Waals surface area contributed by atoms with Crippen LogP contribution >= 0.6 is 34.8 Å². The van der Waals surface area contributed by atoms with Gasteiger partial charge in [-0.3, -0.25) is 20.2 Å². The molecule has 0 saturated heterocycles. The Hall–Kier alpha value is -3.33. The number of hydrogen-bond donors (Lipinski definition) is 2. The molecule has 0 fully saturated rings. The molecule has 0 heterocycles. The van der Waals surface area contributed by atoms with Crippen LogP contribution in [0.15, 0.2) is 60.7 Å². The molecule has 32 heavy (non-hydrogen) atoms. The van der Waals surface area contributed by atoms with E-state index in [9.17, 15) is 19.7 Å². The van der Waals surface area contributed by atoms with E-state index in [1.807, 2.05) is 0 Å². The van der Waals surface area contributed by atoms with Crippen molar-refractivity contribution in [3.8, 4) is 5.75 Å². The van der Waals surface area contributed by atoms with Crippen molar-refractivity contribution in [3.63, 3.8) is 0 Å². The number of nitrogens with one attached hydrogen (secondary N) is 2. The molecule has 0 aliphatic rings. The molecule has 3 rings (SSSR count). The van der Waals surface area contributed by atoms with Gasteiger partial charge in [0.05, 0.1) is 25.6 Å². The standard InChI is InChI=1S/C21H14Cl3N3O5/c22-16-4-2-1-3-15(16)20(28)26-21(29)25-13-9-17(23)19(18(24)10-13)32-11-12-5-7-14(8-6-12)27(30)31/h1-10H,11H2,(H2,25,26,28,29). The van der Waals surface area contributed by atoms with Crippen LogP contribution in [0.5, 0.6) is 5.75 Å². The van der Waals surface area contributed by atoms with Crippen molar-refractivity contribution >= 4 is 58.1 Å². The van der Waals surface area contributed by atoms with E-state index in [1.165, 1.54) is 36.4 Å². The highest BCUT2D eigenvalue weighted by Crippen LogP contribution is 2.36. The number of amides is 3. The summed E-state index contributed by atoms with van der Waals surface area (Å²) in [5.74, 6) is -0.502. The smallest absolute Gasteiger partial charge is 0.326 e. The molecular weight excluding hydrogens is 481 g/mol. The monoisotopic (exact) mass is 493 g/mol. The summed E-state index contributed by atoms with van der Waals surface area (Å²) in [5, 5.41) is 15.8. The van der Waals surface area contributed by atoms with Gasteiger partial charge in [-0.15, -0.1) is 0 Å². The lowest BCUT2D eigenvalue weighted by atomic mass is 10.2. The third kappa shape index (κ3) is 5.88. The predicted octanol–water partition coefficient (Wildman–Crippen LogP) is 6.10. The second-order valence-corrected chi connectivity index (χ2v) is 7.59. The minimum atomic E-state index is -0.804. The van der Waals surface area contributed by atoms with E-state index in [0.717, 1.165) is 0 Å². The summed E-state index contributed by atoms with van der Waals surface area (Å²) in [6, 6.07) is 14.1. The van der Waals surface area contributed by atoms with Crippen LogP contribution in [0.3, 0.4) is 0 Å². The Labute approximate surface area is 197 Å². The summed E-state index contributed by atoms with van der Waals surface area (Å²) in [5.41, 5.74) is 1.01. The SMILES string of the molecule is O=C(NC(=O)c1ccccc1Cl)Nc1cc(Cl)c(OCc2ccc([N+](=O)[O-])cc2)c(Cl)c1. The Kier molecular flexibility index (Phi) is 7.53. The zero-order valence-corrected chi connectivity index (χ0v) is 18.4. The number of nitrogens with zero attached hydrogens (tertiary/aromatic N) is 1. The van der Waals surface area contributed by atoms with Gasteiger partial charge in [0.15, 0.2) is 5.75 Å². The lowest BCUT2D eigenvalue weighted by Gasteiger charge is -2.13. The van der Waals surface area contributed by atoms with E-state index in [1.54, 1.807) is 24.3 Å². The number of ether oxygens (including phenoxy) is 1. The highest BCUT2D eigenvalue weighted by Gasteiger charge is 2.16. The van der Waals surface area contributed by atoms with Crippen LogP contribution < -0.4 is 15.4 Å². The highest BCUT2D eigenvalue weighted by atomic mass is 35.5. The van der Waals surface area contributed by atoms with Crippen LogP contribution in [0.1, 0.15) is 15.9 Å². The number of imide groups is 1. The first-order valence-electron chi connectivity index (χ1n) is 8.96. The van der Waals surface area contributed by atoms with E-state index in [0.29, 0.717) is 5.56 Å². The molecule has 164 valence electrons. The molecule has 0 radical (unpaired) electrons. The third-order valence-electron chi connectivity index (χ3n) is 4.13. The van der Waals surface area contributed by atoms with Gasteiger partial charge in [0.25, 0.3) is 11.6 Å². The van der Waals surface area contributed by atoms with Crippen LogP contribution in [0.2, 0.25) is 15.1 Å². The molecular formula is C21H14Cl3N3O5. The maximum absolute atomic E-state index is 12.2. The summed E-state index contributed by atoms with van der Waals surface area (Å²) in [6.07, 6.45) is 0. The number of carbonyl (C=O) groups is 2. The Bertz CT molecular complexity index is 1160. The molecule has 0 saturated carbocycles. The minimum absolute atomic E-state index is 0.0356. The fourth-order valence-corrected chi connectivity index (χ4v) is 3.44. The maximum Gasteiger partial charge on any atom is 0.326 e. The Balaban J connectivity index is 1.63. The zero-order chi connectivity index (χ0) is 23.3. The number of hydrogen-bond acceptors (Lipinski definition) is 5. The quantitative estimate of drug-likeness (QED) is 0.318. The molecule has 2 N–H and O–H groups in total. The molecule has 0 atom stereocenters. The van der Waals surface area contributed by atoms with Gasteiger partial charge in [-0.25, -0.2) is 4.79 Å². The largest absolute Gasteiger partial charge is 0.486 e. The van der Waals surface area contributed by atoms with Gasteiger partial charge in [-0.2, -0.15) is 0 Å². The van der Waals surface area contributed by atoms with Crippen LogP contribution in [-0.4, -0.2) is 16.9 Å². The molecule has 0 aromatic heterocycles. The molecule has 8 nitrogen and oxygen atoms in total. The predicted molar refractivity (Wildman–Crippen MR) is 122 cm³/mol. The van der Waals surface area contributed by atoms with Gasteiger partial charge in [0.2, 0.25) is 0 Å². The van der Waals surface area contributed by atoms with Crippen molar-refractivity contribution in [3.05, 3.63) is 97.0 Å². The Morgan fingerprint density at radius 2 is 1.56 bits per heavy atom. The molecule has 0 bridgehead atoms. The van der Waals surface area contributed by atoms with Crippen LogP contribution in [0.4, 0.5) is 16.2 Å². The average Bonchev–Trinajstić information content (AvgIpc) is 2.73. The first kappa shape index (κ1) is 23.3. The number of benzene rings is 3. The first-order valence-corrected chi connectivity index (χ1v) is 10.1. The number of non-ortho nitro benzene ring substituents is 1. The van der Waals surface area contributed by atoms with Crippen molar-refractivity contribution in [1.29, 1.82) is 0 Å². The van der Waals surface area contributed by atoms with Gasteiger partial charge < -0.3 is 10.1 Å². The van der Waals surface area contributed by atoms with Gasteiger partial charge in [0, 0.05) is 17.8 Å². The molecule has 0 spiro atoms. The summed E-state index contributed by atoms with van der Waals surface area (Å²) < 4.78 is 5.62. The number of rotatable bonds is 6. The van der Waals surface area contributed by atoms with Crippen molar-refractivity contribution in [2.75, 3.05) is 5.32 Å². The Morgan fingerprint density at radius 1 is 0.938 bits per heavy atom. The van der Waals surface area contributed by atoms with Crippen molar-refractivity contribution in [1.82, 2.24) is 5.32 Å². The Morgan fingerprint density at radius 3 is 2.16 bits per heavy atom. The zero-order valence-electron chi connectivity index (χ0n) is 16.1. The fraction of sp³-hybridized carbons (Fsp3) is 0.0476. The lowest BCUT2D eigenvalue weighted by Crippen LogP contribution is -2.34. The van der Waals surface area contributed by atoms with E-state index in [-0.39, 0.29) is 44.4 Å². The number of nitro benzene ring substituents is 1. The highest BCUT2D eigenvalue weighted by molar-refractivity contribution is 6.37. The van der Waals surface area contributed by atoms with E-state index in [4.69, 9.17) is 39.5 Å². The van der Waals surface area contributed by atoms with E-state index < -0.39 is 16.9 Å². The molecule has 0 unspecified atom stereocenters. The van der Waals surface area contributed by atoms with Crippen LogP contribution in [-0.2, 0) is 6.61 Å². The number of carbonyl (C=O) groups excluding carboxylic acids is 2. The second kappa shape index (κ2) is 10.3. The number of urea groups is 1. The molecule has 0 aliphatic heterocycles. The number of nitro groups is 1. The lowest BCUT2D eigenvalue weighted by molar-refractivity contribution is -0.384. The van der Waals surface area contributed by atoms with Gasteiger partial charge in [-0.05, 0) is 42.0 Å². The number of halogens is 3. The maximum atomic E-state index is 12.2. The molecule has 3 amide bonds. The summed E-state index contributed by atoms with van der Waals surface area (Å²) >= 11 is 18.4. The van der Waals surface area contributed by atoms with Crippen LogP contribution in [0.25, 0.3) is 0 Å².